The Bertz CT molecular complexity index is 1040. The molecule has 9 nitrogen and oxygen atoms in total. The molecule has 1 heterocycles. The number of methoxy groups -OCH3 is 2. The second-order valence-electron chi connectivity index (χ2n) is 7.27. The molecule has 0 unspecified atom stereocenters. The van der Waals surface area contributed by atoms with Crippen LogP contribution in [0.1, 0.15) is 30.1 Å². The van der Waals surface area contributed by atoms with Crippen LogP contribution in [0.4, 0.5) is 0 Å². The lowest BCUT2D eigenvalue weighted by Gasteiger charge is -2.20. The minimum Gasteiger partial charge on any atom is -0.497 e. The smallest absolute Gasteiger partial charge is 0.329 e. The first-order valence-electron chi connectivity index (χ1n) is 9.99. The van der Waals surface area contributed by atoms with Crippen molar-refractivity contribution in [2.45, 2.75) is 26.5 Å². The molecule has 2 aromatic carbocycles. The van der Waals surface area contributed by atoms with Crippen LogP contribution >= 0.6 is 0 Å². The minimum atomic E-state index is -0.879. The Labute approximate surface area is 185 Å². The largest absolute Gasteiger partial charge is 0.497 e. The number of nitrogens with one attached hydrogen (secondary N) is 1. The molecule has 0 aliphatic carbocycles. The van der Waals surface area contributed by atoms with E-state index in [0.717, 1.165) is 5.56 Å². The first-order chi connectivity index (χ1) is 15.4. The maximum atomic E-state index is 12.8. The van der Waals surface area contributed by atoms with Gasteiger partial charge >= 0.3 is 5.97 Å². The number of esters is 1. The number of nitrogens with zero attached hydrogens (tertiary/aromatic N) is 2. The van der Waals surface area contributed by atoms with Crippen LogP contribution in [0.2, 0.25) is 0 Å². The van der Waals surface area contributed by atoms with Crippen LogP contribution in [-0.4, -0.2) is 42.3 Å². The molecule has 0 bridgehead atoms. The zero-order valence-corrected chi connectivity index (χ0v) is 18.3. The normalized spacial score (nSPS) is 11.7. The Morgan fingerprint density at radius 2 is 1.66 bits per heavy atom. The van der Waals surface area contributed by atoms with E-state index in [1.807, 2.05) is 30.3 Å². The van der Waals surface area contributed by atoms with Gasteiger partial charge in [-0.25, -0.2) is 4.79 Å². The first kappa shape index (κ1) is 22.8. The zero-order chi connectivity index (χ0) is 23.1. The van der Waals surface area contributed by atoms with E-state index in [2.05, 4.69) is 15.5 Å². The lowest BCUT2D eigenvalue weighted by atomic mass is 10.0. The summed E-state index contributed by atoms with van der Waals surface area (Å²) in [5.41, 5.74) is 1.06. The van der Waals surface area contributed by atoms with Gasteiger partial charge in [0.2, 0.25) is 5.89 Å². The number of benzene rings is 2. The Morgan fingerprint density at radius 1 is 1.00 bits per heavy atom. The lowest BCUT2D eigenvalue weighted by molar-refractivity contribution is -0.149. The van der Waals surface area contributed by atoms with Crippen molar-refractivity contribution in [3.63, 3.8) is 0 Å². The third-order valence-electron chi connectivity index (χ3n) is 4.65. The highest BCUT2D eigenvalue weighted by Gasteiger charge is 2.27. The topological polar surface area (TPSA) is 113 Å². The molecule has 1 amide bonds. The van der Waals surface area contributed by atoms with E-state index in [9.17, 15) is 9.59 Å². The van der Waals surface area contributed by atoms with Crippen molar-refractivity contribution in [2.75, 3.05) is 14.2 Å². The number of carbonyl (C=O) groups excluding carboxylic acids is 2. The highest BCUT2D eigenvalue weighted by molar-refractivity contribution is 5.97. The molecular formula is C23H25N3O6. The molecule has 1 N–H and O–H groups in total. The highest BCUT2D eigenvalue weighted by Crippen LogP contribution is 2.23. The summed E-state index contributed by atoms with van der Waals surface area (Å²) < 4.78 is 21.3. The molecule has 0 fully saturated rings. The van der Waals surface area contributed by atoms with Gasteiger partial charge in [-0.2, -0.15) is 0 Å². The summed E-state index contributed by atoms with van der Waals surface area (Å²) in [4.78, 5) is 25.4. The third-order valence-corrected chi connectivity index (χ3v) is 4.65. The van der Waals surface area contributed by atoms with E-state index in [0.29, 0.717) is 23.0 Å². The average molecular weight is 439 g/mol. The summed E-state index contributed by atoms with van der Waals surface area (Å²) >= 11 is 0. The summed E-state index contributed by atoms with van der Waals surface area (Å²) in [6.07, 6.45) is 0. The lowest BCUT2D eigenvalue weighted by Crippen LogP contribution is -2.45. The molecule has 0 saturated carbocycles. The fraction of sp³-hybridized carbons (Fsp3) is 0.304. The van der Waals surface area contributed by atoms with Gasteiger partial charge in [-0.15, -0.1) is 10.2 Å². The molecule has 1 aromatic heterocycles. The quantitative estimate of drug-likeness (QED) is 0.506. The molecular weight excluding hydrogens is 414 g/mol. The van der Waals surface area contributed by atoms with Crippen LogP contribution in [0.15, 0.2) is 52.9 Å². The Morgan fingerprint density at radius 3 is 2.25 bits per heavy atom. The van der Waals surface area contributed by atoms with Crippen LogP contribution in [0.3, 0.4) is 0 Å². The van der Waals surface area contributed by atoms with Crippen LogP contribution < -0.4 is 14.8 Å². The predicted molar refractivity (Wildman–Crippen MR) is 115 cm³/mol. The molecule has 0 aliphatic rings. The standard InChI is InChI=1S/C23H25N3O6/c1-14(2)20(24-21(27)16-10-17(29-3)12-18(11-16)30-4)23(28)31-13-19-25-26-22(32-19)15-8-6-5-7-9-15/h5-12,14,20H,13H2,1-4H3,(H,24,27)/t20-/m1/s1. The van der Waals surface area contributed by atoms with Crippen LogP contribution in [-0.2, 0) is 16.1 Å². The van der Waals surface area contributed by atoms with Crippen LogP contribution in [0.5, 0.6) is 11.5 Å². The Hall–Kier alpha value is -3.88. The minimum absolute atomic E-state index is 0.156. The van der Waals surface area contributed by atoms with Gasteiger partial charge in [-0.05, 0) is 30.2 Å². The number of amides is 1. The molecule has 3 aromatic rings. The van der Waals surface area contributed by atoms with Crippen molar-refractivity contribution in [1.29, 1.82) is 0 Å². The number of aromatic nitrogens is 2. The van der Waals surface area contributed by atoms with Crippen molar-refractivity contribution in [3.8, 4) is 23.0 Å². The van der Waals surface area contributed by atoms with Crippen molar-refractivity contribution in [3.05, 3.63) is 60.0 Å². The van der Waals surface area contributed by atoms with Gasteiger partial charge < -0.3 is 23.9 Å². The molecule has 9 heteroatoms. The van der Waals surface area contributed by atoms with Crippen LogP contribution in [0.25, 0.3) is 11.5 Å². The number of rotatable bonds is 9. The SMILES string of the molecule is COc1cc(OC)cc(C(=O)N[C@@H](C(=O)OCc2nnc(-c3ccccc3)o2)C(C)C)c1. The van der Waals surface area contributed by atoms with E-state index in [4.69, 9.17) is 18.6 Å². The Kier molecular flexibility index (Phi) is 7.43. The molecule has 1 atom stereocenters. The maximum Gasteiger partial charge on any atom is 0.329 e. The van der Waals surface area contributed by atoms with Gasteiger partial charge in [0.25, 0.3) is 11.8 Å². The summed E-state index contributed by atoms with van der Waals surface area (Å²) in [7, 11) is 2.98. The van der Waals surface area contributed by atoms with Gasteiger partial charge in [-0.1, -0.05) is 32.0 Å². The van der Waals surface area contributed by atoms with Crippen molar-refractivity contribution < 1.29 is 28.2 Å². The van der Waals surface area contributed by atoms with Gasteiger partial charge in [0.05, 0.1) is 14.2 Å². The van der Waals surface area contributed by atoms with Gasteiger partial charge in [0.15, 0.2) is 6.61 Å². The number of ether oxygens (including phenoxy) is 3. The van der Waals surface area contributed by atoms with Crippen molar-refractivity contribution >= 4 is 11.9 Å². The number of hydrogen-bond donors (Lipinski definition) is 1. The second kappa shape index (κ2) is 10.4. The van der Waals surface area contributed by atoms with E-state index in [1.54, 1.807) is 32.0 Å². The molecule has 3 rings (SSSR count). The summed E-state index contributed by atoms with van der Waals surface area (Å²) in [5.74, 6) is 0.125. The molecule has 0 aliphatic heterocycles. The zero-order valence-electron chi connectivity index (χ0n) is 18.3. The van der Waals surface area contributed by atoms with E-state index < -0.39 is 17.9 Å². The van der Waals surface area contributed by atoms with Gasteiger partial charge in [0.1, 0.15) is 17.5 Å². The molecule has 32 heavy (non-hydrogen) atoms. The van der Waals surface area contributed by atoms with E-state index >= 15 is 0 Å². The van der Waals surface area contributed by atoms with Crippen LogP contribution in [0, 0.1) is 5.92 Å². The molecule has 0 spiro atoms. The predicted octanol–water partition coefficient (Wildman–Crippen LogP) is 3.25. The second-order valence-corrected chi connectivity index (χ2v) is 7.27. The fourth-order valence-electron chi connectivity index (χ4n) is 2.89. The first-order valence-corrected chi connectivity index (χ1v) is 9.99. The van der Waals surface area contributed by atoms with Gasteiger partial charge in [0, 0.05) is 17.2 Å². The van der Waals surface area contributed by atoms with Crippen molar-refractivity contribution in [2.24, 2.45) is 5.92 Å². The van der Waals surface area contributed by atoms with Gasteiger partial charge in [-0.3, -0.25) is 4.79 Å². The number of hydrogen-bond acceptors (Lipinski definition) is 8. The molecule has 0 saturated heterocycles. The molecule has 0 radical (unpaired) electrons. The average Bonchev–Trinajstić information content (AvgIpc) is 3.30. The number of carbonyl (C=O) groups is 2. The van der Waals surface area contributed by atoms with E-state index in [-0.39, 0.29) is 18.4 Å². The summed E-state index contributed by atoms with van der Waals surface area (Å²) in [6.45, 7) is 3.40. The van der Waals surface area contributed by atoms with Crippen molar-refractivity contribution in [1.82, 2.24) is 15.5 Å². The fourth-order valence-corrected chi connectivity index (χ4v) is 2.89. The molecule has 168 valence electrons. The Balaban J connectivity index is 1.65. The maximum absolute atomic E-state index is 12.8. The monoisotopic (exact) mass is 439 g/mol. The summed E-state index contributed by atoms with van der Waals surface area (Å²) in [5, 5.41) is 10.6. The summed E-state index contributed by atoms with van der Waals surface area (Å²) in [6, 6.07) is 13.1. The van der Waals surface area contributed by atoms with E-state index in [1.165, 1.54) is 14.2 Å². The highest BCUT2D eigenvalue weighted by atomic mass is 16.5. The third kappa shape index (κ3) is 5.63.